The second-order valence-corrected chi connectivity index (χ2v) is 2.88. The molecule has 0 N–H and O–H groups in total. The summed E-state index contributed by atoms with van der Waals surface area (Å²) in [5, 5.41) is 1.24. The summed E-state index contributed by atoms with van der Waals surface area (Å²) in [7, 11) is 4.23. The lowest BCUT2D eigenvalue weighted by Crippen LogP contribution is -2.12. The zero-order valence-electron chi connectivity index (χ0n) is 5.85. The van der Waals surface area contributed by atoms with E-state index in [-0.39, 0.29) is 0 Å². The maximum Gasteiger partial charge on any atom is 0.118 e. The van der Waals surface area contributed by atoms with Gasteiger partial charge in [-0.05, 0) is 27.1 Å². The molecule has 0 amide bonds. The Hall–Kier alpha value is 0.492. The van der Waals surface area contributed by atoms with Crippen LogP contribution >= 0.6 is 0 Å². The van der Waals surface area contributed by atoms with Crippen LogP contribution < -0.4 is 0 Å². The Morgan fingerprint density at radius 2 is 1.88 bits per heavy atom. The topological polar surface area (TPSA) is 3.24 Å². The van der Waals surface area contributed by atoms with Crippen molar-refractivity contribution < 1.29 is 0 Å². The summed E-state index contributed by atoms with van der Waals surface area (Å²) in [6.45, 7) is 1.23. The maximum atomic E-state index is 2.74. The largest absolute Gasteiger partial charge is 0.309 e. The molecule has 0 fully saturated rings. The van der Waals surface area contributed by atoms with Gasteiger partial charge in [0.05, 0.1) is 0 Å². The van der Waals surface area contributed by atoms with Crippen LogP contribution in [0.4, 0.5) is 0 Å². The van der Waals surface area contributed by atoms with Gasteiger partial charge >= 0.3 is 0 Å². The Bertz CT molecular complexity index is 45.8. The highest BCUT2D eigenvalue weighted by atomic mass is 27.0. The van der Waals surface area contributed by atoms with Gasteiger partial charge in [-0.25, -0.2) is 0 Å². The van der Waals surface area contributed by atoms with Crippen molar-refractivity contribution >= 4 is 16.3 Å². The summed E-state index contributed by atoms with van der Waals surface area (Å²) >= 11 is 2.74. The van der Waals surface area contributed by atoms with Gasteiger partial charge in [0, 0.05) is 0 Å². The van der Waals surface area contributed by atoms with Gasteiger partial charge in [-0.1, -0.05) is 6.42 Å². The fraction of sp³-hybridized carbons (Fsp3) is 1.00. The van der Waals surface area contributed by atoms with Crippen LogP contribution in [-0.4, -0.2) is 41.8 Å². The number of unbranched alkanes of at least 4 members (excludes halogenated alkanes) is 1. The van der Waals surface area contributed by atoms with E-state index in [4.69, 9.17) is 0 Å². The summed E-state index contributed by atoms with van der Waals surface area (Å²) in [6, 6.07) is 0. The molecule has 2 heteroatoms. The highest BCUT2D eigenvalue weighted by molar-refractivity contribution is 6.08. The first-order valence-electron chi connectivity index (χ1n) is 3.12. The molecule has 0 saturated heterocycles. The van der Waals surface area contributed by atoms with Crippen LogP contribution in [0.1, 0.15) is 12.8 Å². The molecule has 0 atom stereocenters. The molecular weight excluding hydrogens is 113 g/mol. The third-order valence-electron chi connectivity index (χ3n) is 1.06. The molecule has 2 radical (unpaired) electrons. The molecule has 46 valence electrons. The Morgan fingerprint density at radius 3 is 2.25 bits per heavy atom. The molecule has 0 aliphatic rings. The molecule has 0 bridgehead atoms. The van der Waals surface area contributed by atoms with Crippen LogP contribution in [0, 0.1) is 0 Å². The Labute approximate surface area is 60.5 Å². The predicted octanol–water partition coefficient (Wildman–Crippen LogP) is 0.915. The lowest BCUT2D eigenvalue weighted by molar-refractivity contribution is 0.398. The van der Waals surface area contributed by atoms with Crippen molar-refractivity contribution in [3.8, 4) is 0 Å². The first kappa shape index (κ1) is 8.49. The molecule has 8 heavy (non-hydrogen) atoms. The van der Waals surface area contributed by atoms with Crippen molar-refractivity contribution in [2.75, 3.05) is 20.6 Å². The average molecular weight is 127 g/mol. The highest BCUT2D eigenvalue weighted by Crippen LogP contribution is 1.92. The monoisotopic (exact) mass is 127 g/mol. The van der Waals surface area contributed by atoms with Crippen molar-refractivity contribution in [3.05, 3.63) is 0 Å². The normalized spacial score (nSPS) is 10.4. The second kappa shape index (κ2) is 5.63. The quantitative estimate of drug-likeness (QED) is 0.401. The van der Waals surface area contributed by atoms with E-state index in [9.17, 15) is 0 Å². The van der Waals surface area contributed by atoms with Crippen LogP contribution in [0.5, 0.6) is 0 Å². The fourth-order valence-corrected chi connectivity index (χ4v) is 0.861. The summed E-state index contributed by atoms with van der Waals surface area (Å²) in [5.41, 5.74) is 0. The van der Waals surface area contributed by atoms with E-state index in [0.717, 1.165) is 0 Å². The van der Waals surface area contributed by atoms with Gasteiger partial charge in [0.25, 0.3) is 0 Å². The lowest BCUT2D eigenvalue weighted by atomic mass is 10.3. The van der Waals surface area contributed by atoms with Crippen molar-refractivity contribution in [3.63, 3.8) is 0 Å². The number of hydrogen-bond donors (Lipinski definition) is 0. The minimum Gasteiger partial charge on any atom is -0.309 e. The molecule has 1 nitrogen and oxygen atoms in total. The minimum atomic E-state index is 1.23. The molecule has 0 heterocycles. The van der Waals surface area contributed by atoms with Gasteiger partial charge in [-0.2, -0.15) is 0 Å². The average Bonchev–Trinajstić information content (AvgIpc) is 1.66. The molecule has 0 aromatic rings. The molecule has 0 aliphatic carbocycles. The number of hydrogen-bond acceptors (Lipinski definition) is 1. The van der Waals surface area contributed by atoms with Crippen molar-refractivity contribution in [1.82, 2.24) is 4.90 Å². The third-order valence-corrected chi connectivity index (χ3v) is 1.47. The molecular formula is C6H14AlN. The van der Waals surface area contributed by atoms with E-state index in [2.05, 4.69) is 35.3 Å². The van der Waals surface area contributed by atoms with Crippen LogP contribution in [0.3, 0.4) is 0 Å². The SMILES string of the molecule is CN(C)CCC[CH2][Al]. The first-order valence-corrected chi connectivity index (χ1v) is 3.94. The molecule has 0 spiro atoms. The van der Waals surface area contributed by atoms with Crippen LogP contribution in [0.15, 0.2) is 0 Å². The smallest absolute Gasteiger partial charge is 0.118 e. The lowest BCUT2D eigenvalue weighted by Gasteiger charge is -2.07. The Kier molecular flexibility index (Phi) is 5.97. The fourth-order valence-electron chi connectivity index (χ4n) is 0.572. The zero-order chi connectivity index (χ0) is 6.41. The van der Waals surface area contributed by atoms with Crippen LogP contribution in [0.2, 0.25) is 5.28 Å². The van der Waals surface area contributed by atoms with E-state index in [1.807, 2.05) is 0 Å². The van der Waals surface area contributed by atoms with Gasteiger partial charge in [0.2, 0.25) is 0 Å². The second-order valence-electron chi connectivity index (χ2n) is 2.30. The molecule has 0 unspecified atom stereocenters. The van der Waals surface area contributed by atoms with Gasteiger partial charge in [-0.15, -0.1) is 5.28 Å². The molecule has 0 aliphatic heterocycles. The Balaban J connectivity index is 2.72. The molecule has 0 aromatic carbocycles. The van der Waals surface area contributed by atoms with Crippen molar-refractivity contribution in [2.45, 2.75) is 18.1 Å². The molecule has 0 aromatic heterocycles. The standard InChI is InChI=1S/C6H14N.Al/c1-4-5-6-7(2)3;/h1,4-6H2,2-3H3;. The van der Waals surface area contributed by atoms with Gasteiger partial charge < -0.3 is 4.90 Å². The van der Waals surface area contributed by atoms with Gasteiger partial charge in [0.15, 0.2) is 0 Å². The van der Waals surface area contributed by atoms with Gasteiger partial charge in [-0.3, -0.25) is 0 Å². The molecule has 0 saturated carbocycles. The summed E-state index contributed by atoms with van der Waals surface area (Å²) < 4.78 is 0. The van der Waals surface area contributed by atoms with E-state index in [1.165, 1.54) is 24.7 Å². The summed E-state index contributed by atoms with van der Waals surface area (Å²) in [5.74, 6) is 0. The van der Waals surface area contributed by atoms with E-state index in [0.29, 0.717) is 0 Å². The first-order chi connectivity index (χ1) is 3.77. The van der Waals surface area contributed by atoms with Crippen LogP contribution in [0.25, 0.3) is 0 Å². The van der Waals surface area contributed by atoms with E-state index >= 15 is 0 Å². The van der Waals surface area contributed by atoms with E-state index < -0.39 is 0 Å². The maximum absolute atomic E-state index is 2.74. The number of nitrogens with zero attached hydrogens (tertiary/aromatic N) is 1. The number of rotatable bonds is 4. The summed E-state index contributed by atoms with van der Waals surface area (Å²) in [4.78, 5) is 2.22. The summed E-state index contributed by atoms with van der Waals surface area (Å²) in [6.07, 6.45) is 2.67. The predicted molar refractivity (Wildman–Crippen MR) is 38.3 cm³/mol. The Morgan fingerprint density at radius 1 is 1.25 bits per heavy atom. The highest BCUT2D eigenvalue weighted by Gasteiger charge is 1.86. The zero-order valence-corrected chi connectivity index (χ0v) is 7.01. The van der Waals surface area contributed by atoms with Gasteiger partial charge in [0.1, 0.15) is 16.3 Å². The third kappa shape index (κ3) is 6.49. The van der Waals surface area contributed by atoms with Crippen molar-refractivity contribution in [2.24, 2.45) is 0 Å². The minimum absolute atomic E-state index is 1.23. The van der Waals surface area contributed by atoms with E-state index in [1.54, 1.807) is 0 Å². The van der Waals surface area contributed by atoms with Crippen LogP contribution in [-0.2, 0) is 0 Å². The van der Waals surface area contributed by atoms with Crippen molar-refractivity contribution in [1.29, 1.82) is 0 Å². The molecule has 0 rings (SSSR count).